The Balaban J connectivity index is 1.98. The van der Waals surface area contributed by atoms with E-state index < -0.39 is 0 Å². The van der Waals surface area contributed by atoms with Gasteiger partial charge in [-0.25, -0.2) is 0 Å². The number of rotatable bonds is 7. The van der Waals surface area contributed by atoms with Crippen molar-refractivity contribution in [1.29, 1.82) is 0 Å². The van der Waals surface area contributed by atoms with Gasteiger partial charge in [0, 0.05) is 18.9 Å². The molecule has 1 heteroatoms. The molecular formula is C23H38O. The summed E-state index contributed by atoms with van der Waals surface area (Å²) in [5.74, 6) is 10.3. The van der Waals surface area contributed by atoms with Crippen molar-refractivity contribution >= 4 is 0 Å². The second kappa shape index (κ2) is 11.8. The average molecular weight is 331 g/mol. The fraction of sp³-hybridized carbons (Fsp3) is 0.826. The summed E-state index contributed by atoms with van der Waals surface area (Å²) >= 11 is 0. The van der Waals surface area contributed by atoms with E-state index in [1.165, 1.54) is 57.8 Å². The summed E-state index contributed by atoms with van der Waals surface area (Å²) in [6, 6.07) is 0. The Morgan fingerprint density at radius 1 is 1.04 bits per heavy atom. The van der Waals surface area contributed by atoms with Gasteiger partial charge in [-0.1, -0.05) is 57.1 Å². The standard InChI is InChI=1S/C23H38O/c1-2-11-20-12-6-7-15-22-17-10-18-23(22)21(16-9-13-20)14-5-3-4-8-19-24/h5,14,20-24H,2-4,6,8-13,16-19H2,1H3/t20?,21?,22-,23+/m0/s1. The summed E-state index contributed by atoms with van der Waals surface area (Å²) in [7, 11) is 0. The van der Waals surface area contributed by atoms with Crippen molar-refractivity contribution in [3.05, 3.63) is 12.2 Å². The highest BCUT2D eigenvalue weighted by molar-refractivity contribution is 5.10. The van der Waals surface area contributed by atoms with E-state index in [1.54, 1.807) is 0 Å². The van der Waals surface area contributed by atoms with E-state index >= 15 is 0 Å². The summed E-state index contributed by atoms with van der Waals surface area (Å²) in [6.45, 7) is 2.65. The largest absolute Gasteiger partial charge is 0.396 e. The van der Waals surface area contributed by atoms with Crippen LogP contribution < -0.4 is 0 Å². The predicted octanol–water partition coefficient (Wildman–Crippen LogP) is 6.12. The smallest absolute Gasteiger partial charge is 0.0431 e. The molecule has 2 unspecified atom stereocenters. The first-order chi connectivity index (χ1) is 11.8. The molecule has 4 atom stereocenters. The lowest BCUT2D eigenvalue weighted by Crippen LogP contribution is -2.17. The van der Waals surface area contributed by atoms with E-state index in [4.69, 9.17) is 5.11 Å². The van der Waals surface area contributed by atoms with E-state index in [2.05, 4.69) is 30.9 Å². The number of allylic oxidation sites excluding steroid dienone is 2. The third-order valence-electron chi connectivity index (χ3n) is 6.09. The van der Waals surface area contributed by atoms with Crippen LogP contribution in [0.2, 0.25) is 0 Å². The topological polar surface area (TPSA) is 20.2 Å². The molecule has 0 radical (unpaired) electrons. The molecule has 0 bridgehead atoms. The first-order valence-electron chi connectivity index (χ1n) is 10.6. The first kappa shape index (κ1) is 19.6. The van der Waals surface area contributed by atoms with Gasteiger partial charge in [0.15, 0.2) is 0 Å². The minimum atomic E-state index is 0.330. The van der Waals surface area contributed by atoms with Gasteiger partial charge in [-0.05, 0) is 62.7 Å². The lowest BCUT2D eigenvalue weighted by atomic mass is 9.80. The fourth-order valence-corrected chi connectivity index (χ4v) is 4.74. The van der Waals surface area contributed by atoms with Crippen LogP contribution in [-0.2, 0) is 0 Å². The number of aliphatic hydroxyl groups is 1. The Morgan fingerprint density at radius 3 is 2.75 bits per heavy atom. The molecular weight excluding hydrogens is 292 g/mol. The Bertz CT molecular complexity index is 413. The Kier molecular flexibility index (Phi) is 9.59. The third-order valence-corrected chi connectivity index (χ3v) is 6.09. The SMILES string of the molecule is CCCC1CCC#C[C@H]2CCC[C@@H]2C(C=CCCCCO)CCC1. The Labute approximate surface area is 150 Å². The van der Waals surface area contributed by atoms with E-state index in [9.17, 15) is 0 Å². The highest BCUT2D eigenvalue weighted by Gasteiger charge is 2.31. The minimum Gasteiger partial charge on any atom is -0.396 e. The molecule has 0 aromatic carbocycles. The van der Waals surface area contributed by atoms with Crippen molar-refractivity contribution in [1.82, 2.24) is 0 Å². The molecule has 2 rings (SSSR count). The second-order valence-electron chi connectivity index (χ2n) is 7.96. The van der Waals surface area contributed by atoms with Crippen molar-refractivity contribution in [2.24, 2.45) is 23.7 Å². The number of aliphatic hydroxyl groups excluding tert-OH is 1. The molecule has 1 saturated carbocycles. The summed E-state index contributed by atoms with van der Waals surface area (Å²) in [4.78, 5) is 0. The van der Waals surface area contributed by atoms with Gasteiger partial charge in [-0.15, -0.1) is 5.92 Å². The molecule has 1 fully saturated rings. The Hall–Kier alpha value is -0.740. The quantitative estimate of drug-likeness (QED) is 0.338. The number of hydrogen-bond donors (Lipinski definition) is 1. The zero-order valence-corrected chi connectivity index (χ0v) is 15.8. The van der Waals surface area contributed by atoms with Gasteiger partial charge in [0.05, 0.1) is 0 Å². The van der Waals surface area contributed by atoms with Gasteiger partial charge in [0.1, 0.15) is 0 Å². The number of unbranched alkanes of at least 4 members (excludes halogenated alkanes) is 2. The highest BCUT2D eigenvalue weighted by Crippen LogP contribution is 2.40. The minimum absolute atomic E-state index is 0.330. The van der Waals surface area contributed by atoms with E-state index in [0.29, 0.717) is 12.5 Å². The first-order valence-corrected chi connectivity index (χ1v) is 10.6. The van der Waals surface area contributed by atoms with Crippen LogP contribution in [-0.4, -0.2) is 11.7 Å². The molecule has 0 saturated heterocycles. The van der Waals surface area contributed by atoms with E-state index in [-0.39, 0.29) is 0 Å². The lowest BCUT2D eigenvalue weighted by molar-refractivity contribution is 0.285. The molecule has 0 aromatic rings. The fourth-order valence-electron chi connectivity index (χ4n) is 4.74. The third kappa shape index (κ3) is 6.64. The summed E-state index contributed by atoms with van der Waals surface area (Å²) in [6.07, 6.45) is 21.5. The summed E-state index contributed by atoms with van der Waals surface area (Å²) in [5.41, 5.74) is 0. The highest BCUT2D eigenvalue weighted by atomic mass is 16.2. The zero-order valence-electron chi connectivity index (χ0n) is 15.8. The molecule has 1 nitrogen and oxygen atoms in total. The summed E-state index contributed by atoms with van der Waals surface area (Å²) < 4.78 is 0. The number of fused-ring (bicyclic) bond motifs is 1. The molecule has 2 aliphatic rings. The lowest BCUT2D eigenvalue weighted by Gasteiger charge is -2.24. The summed E-state index contributed by atoms with van der Waals surface area (Å²) in [5, 5.41) is 8.92. The molecule has 0 spiro atoms. The average Bonchev–Trinajstić information content (AvgIpc) is 3.03. The Morgan fingerprint density at radius 2 is 1.92 bits per heavy atom. The van der Waals surface area contributed by atoms with Gasteiger partial charge in [0.2, 0.25) is 0 Å². The van der Waals surface area contributed by atoms with Gasteiger partial charge in [-0.2, -0.15) is 0 Å². The van der Waals surface area contributed by atoms with Gasteiger partial charge >= 0.3 is 0 Å². The van der Waals surface area contributed by atoms with Crippen LogP contribution in [0.5, 0.6) is 0 Å². The van der Waals surface area contributed by atoms with Gasteiger partial charge in [0.25, 0.3) is 0 Å². The maximum Gasteiger partial charge on any atom is 0.0431 e. The van der Waals surface area contributed by atoms with Crippen molar-refractivity contribution in [2.45, 2.75) is 90.4 Å². The monoisotopic (exact) mass is 330 g/mol. The van der Waals surface area contributed by atoms with Gasteiger partial charge in [-0.3, -0.25) is 0 Å². The molecule has 136 valence electrons. The molecule has 2 aliphatic carbocycles. The number of hydrogen-bond acceptors (Lipinski definition) is 1. The van der Waals surface area contributed by atoms with Crippen LogP contribution in [0.15, 0.2) is 12.2 Å². The normalized spacial score (nSPS) is 31.2. The zero-order chi connectivity index (χ0) is 17.0. The molecule has 0 aromatic heterocycles. The molecule has 0 amide bonds. The van der Waals surface area contributed by atoms with Crippen molar-refractivity contribution in [2.75, 3.05) is 6.61 Å². The van der Waals surface area contributed by atoms with Gasteiger partial charge < -0.3 is 5.11 Å². The van der Waals surface area contributed by atoms with Crippen LogP contribution in [0.25, 0.3) is 0 Å². The van der Waals surface area contributed by atoms with Crippen molar-refractivity contribution < 1.29 is 5.11 Å². The maximum atomic E-state index is 8.92. The van der Waals surface area contributed by atoms with Crippen molar-refractivity contribution in [3.63, 3.8) is 0 Å². The van der Waals surface area contributed by atoms with E-state index in [0.717, 1.165) is 43.4 Å². The molecule has 0 heterocycles. The van der Waals surface area contributed by atoms with Crippen LogP contribution in [0.3, 0.4) is 0 Å². The second-order valence-corrected chi connectivity index (χ2v) is 7.96. The molecule has 0 aliphatic heterocycles. The van der Waals surface area contributed by atoms with Crippen molar-refractivity contribution in [3.8, 4) is 11.8 Å². The van der Waals surface area contributed by atoms with Crippen LogP contribution in [0, 0.1) is 35.5 Å². The maximum absolute atomic E-state index is 8.92. The predicted molar refractivity (Wildman–Crippen MR) is 104 cm³/mol. The van der Waals surface area contributed by atoms with Crippen LogP contribution >= 0.6 is 0 Å². The van der Waals surface area contributed by atoms with Crippen LogP contribution in [0.4, 0.5) is 0 Å². The van der Waals surface area contributed by atoms with Crippen LogP contribution in [0.1, 0.15) is 90.4 Å². The molecule has 24 heavy (non-hydrogen) atoms. The molecule has 1 N–H and O–H groups in total. The van der Waals surface area contributed by atoms with E-state index in [1.807, 2.05) is 0 Å².